The van der Waals surface area contributed by atoms with Crippen molar-refractivity contribution in [2.24, 2.45) is 5.41 Å². The molecule has 1 atom stereocenters. The summed E-state index contributed by atoms with van der Waals surface area (Å²) in [7, 11) is 2.94. The Balaban J connectivity index is 2.95. The summed E-state index contributed by atoms with van der Waals surface area (Å²) in [5, 5.41) is 3.10. The largest absolute Gasteiger partial charge is 0.497 e. The minimum absolute atomic E-state index is 0.390. The number of hydrogen-bond acceptors (Lipinski definition) is 4. The van der Waals surface area contributed by atoms with Gasteiger partial charge in [0.05, 0.1) is 19.6 Å². The summed E-state index contributed by atoms with van der Waals surface area (Å²) in [6, 6.07) is 6.64. The third kappa shape index (κ3) is 3.65. The molecule has 1 aromatic carbocycles. The number of methoxy groups -OCH3 is 2. The SMILES string of the molecule is C#CC(C)(C)[C@H](Nc1ccc(OC)cc1)C(=O)OC. The summed E-state index contributed by atoms with van der Waals surface area (Å²) in [4.78, 5) is 11.8. The van der Waals surface area contributed by atoms with E-state index in [1.165, 1.54) is 7.11 Å². The van der Waals surface area contributed by atoms with Gasteiger partial charge < -0.3 is 14.8 Å². The van der Waals surface area contributed by atoms with Crippen LogP contribution < -0.4 is 10.1 Å². The average Bonchev–Trinajstić information content (AvgIpc) is 2.44. The Hall–Kier alpha value is -2.15. The van der Waals surface area contributed by atoms with Crippen molar-refractivity contribution in [3.63, 3.8) is 0 Å². The number of carbonyl (C=O) groups is 1. The van der Waals surface area contributed by atoms with Crippen LogP contribution in [0.5, 0.6) is 5.75 Å². The topological polar surface area (TPSA) is 47.6 Å². The molecule has 19 heavy (non-hydrogen) atoms. The number of carbonyl (C=O) groups excluding carboxylic acids is 1. The van der Waals surface area contributed by atoms with E-state index in [9.17, 15) is 4.79 Å². The molecule has 1 N–H and O–H groups in total. The molecule has 4 nitrogen and oxygen atoms in total. The number of benzene rings is 1. The smallest absolute Gasteiger partial charge is 0.329 e. The van der Waals surface area contributed by atoms with Gasteiger partial charge in [0, 0.05) is 5.69 Å². The van der Waals surface area contributed by atoms with Gasteiger partial charge in [0.25, 0.3) is 0 Å². The number of terminal acetylenes is 1. The van der Waals surface area contributed by atoms with E-state index in [2.05, 4.69) is 11.2 Å². The third-order valence-electron chi connectivity index (χ3n) is 2.93. The molecule has 102 valence electrons. The predicted octanol–water partition coefficient (Wildman–Crippen LogP) is 2.31. The lowest BCUT2D eigenvalue weighted by Crippen LogP contribution is -2.42. The first kappa shape index (κ1) is 14.9. The second-order valence-corrected chi connectivity index (χ2v) is 4.70. The molecule has 0 fully saturated rings. The highest BCUT2D eigenvalue weighted by Crippen LogP contribution is 2.25. The maximum absolute atomic E-state index is 11.8. The molecule has 0 saturated heterocycles. The quantitative estimate of drug-likeness (QED) is 0.652. The van der Waals surface area contributed by atoms with Crippen molar-refractivity contribution in [1.82, 2.24) is 0 Å². The lowest BCUT2D eigenvalue weighted by atomic mass is 9.85. The fraction of sp³-hybridized carbons (Fsp3) is 0.400. The predicted molar refractivity (Wildman–Crippen MR) is 75.0 cm³/mol. The van der Waals surface area contributed by atoms with Gasteiger partial charge in [-0.3, -0.25) is 0 Å². The van der Waals surface area contributed by atoms with E-state index < -0.39 is 17.4 Å². The van der Waals surface area contributed by atoms with Crippen LogP contribution >= 0.6 is 0 Å². The first-order valence-electron chi connectivity index (χ1n) is 5.90. The Bertz CT molecular complexity index is 471. The van der Waals surface area contributed by atoms with Gasteiger partial charge in [0.1, 0.15) is 11.8 Å². The van der Waals surface area contributed by atoms with E-state index in [0.29, 0.717) is 0 Å². The number of nitrogens with one attached hydrogen (secondary N) is 1. The zero-order valence-electron chi connectivity index (χ0n) is 11.7. The van der Waals surface area contributed by atoms with Gasteiger partial charge in [-0.05, 0) is 38.1 Å². The molecule has 1 aromatic rings. The van der Waals surface area contributed by atoms with Crippen molar-refractivity contribution in [2.75, 3.05) is 19.5 Å². The van der Waals surface area contributed by atoms with E-state index in [-0.39, 0.29) is 0 Å². The van der Waals surface area contributed by atoms with Crippen molar-refractivity contribution < 1.29 is 14.3 Å². The fourth-order valence-corrected chi connectivity index (χ4v) is 1.59. The van der Waals surface area contributed by atoms with Crippen LogP contribution in [0.4, 0.5) is 5.69 Å². The van der Waals surface area contributed by atoms with Crippen LogP contribution in [0.1, 0.15) is 13.8 Å². The molecule has 0 aliphatic heterocycles. The molecule has 0 amide bonds. The lowest BCUT2D eigenvalue weighted by Gasteiger charge is -2.29. The zero-order chi connectivity index (χ0) is 14.5. The van der Waals surface area contributed by atoms with Crippen LogP contribution in [0.15, 0.2) is 24.3 Å². The van der Waals surface area contributed by atoms with Gasteiger partial charge in [-0.15, -0.1) is 6.42 Å². The molecule has 0 aliphatic carbocycles. The highest BCUT2D eigenvalue weighted by molar-refractivity contribution is 5.81. The molecule has 0 saturated carbocycles. The summed E-state index contributed by atoms with van der Waals surface area (Å²) in [5.74, 6) is 2.97. The van der Waals surface area contributed by atoms with Gasteiger partial charge >= 0.3 is 5.97 Å². The van der Waals surface area contributed by atoms with Crippen molar-refractivity contribution in [1.29, 1.82) is 0 Å². The maximum atomic E-state index is 11.8. The van der Waals surface area contributed by atoms with Crippen molar-refractivity contribution in [3.05, 3.63) is 24.3 Å². The van der Waals surface area contributed by atoms with Crippen LogP contribution in [0.3, 0.4) is 0 Å². The van der Waals surface area contributed by atoms with E-state index in [0.717, 1.165) is 11.4 Å². The van der Waals surface area contributed by atoms with Gasteiger partial charge in [-0.1, -0.05) is 5.92 Å². The minimum Gasteiger partial charge on any atom is -0.497 e. The van der Waals surface area contributed by atoms with Crippen molar-refractivity contribution in [2.45, 2.75) is 19.9 Å². The number of hydrogen-bond donors (Lipinski definition) is 1. The van der Waals surface area contributed by atoms with Gasteiger partial charge in [0.2, 0.25) is 0 Å². The van der Waals surface area contributed by atoms with Gasteiger partial charge in [-0.25, -0.2) is 4.79 Å². The van der Waals surface area contributed by atoms with Crippen LogP contribution in [0.2, 0.25) is 0 Å². The van der Waals surface area contributed by atoms with E-state index in [1.54, 1.807) is 19.2 Å². The van der Waals surface area contributed by atoms with Crippen LogP contribution in [-0.4, -0.2) is 26.2 Å². The second-order valence-electron chi connectivity index (χ2n) is 4.70. The van der Waals surface area contributed by atoms with Crippen molar-refractivity contribution >= 4 is 11.7 Å². The molecule has 0 aromatic heterocycles. The molecule has 4 heteroatoms. The maximum Gasteiger partial charge on any atom is 0.329 e. The van der Waals surface area contributed by atoms with Crippen LogP contribution in [0.25, 0.3) is 0 Å². The Morgan fingerprint density at radius 1 is 1.32 bits per heavy atom. The normalized spacial score (nSPS) is 12.2. The summed E-state index contributed by atoms with van der Waals surface area (Å²) in [6.07, 6.45) is 5.48. The standard InChI is InChI=1S/C15H19NO3/c1-6-15(2,3)13(14(17)19-5)16-11-7-9-12(18-4)10-8-11/h1,7-10,13,16H,2-5H3/t13-/m1/s1. The molecule has 0 radical (unpaired) electrons. The van der Waals surface area contributed by atoms with E-state index in [1.807, 2.05) is 26.0 Å². The monoisotopic (exact) mass is 261 g/mol. The molecule has 1 rings (SSSR count). The molecule has 0 aliphatic rings. The number of anilines is 1. The molecule has 0 spiro atoms. The molecule has 0 heterocycles. The lowest BCUT2D eigenvalue weighted by molar-refractivity contribution is -0.143. The third-order valence-corrected chi connectivity index (χ3v) is 2.93. The van der Waals surface area contributed by atoms with E-state index in [4.69, 9.17) is 15.9 Å². The van der Waals surface area contributed by atoms with Gasteiger partial charge in [0.15, 0.2) is 0 Å². The summed E-state index contributed by atoms with van der Waals surface area (Å²) < 4.78 is 9.88. The van der Waals surface area contributed by atoms with E-state index >= 15 is 0 Å². The Labute approximate surface area is 114 Å². The number of rotatable bonds is 5. The summed E-state index contributed by atoms with van der Waals surface area (Å²) >= 11 is 0. The van der Waals surface area contributed by atoms with Crippen LogP contribution in [0, 0.1) is 17.8 Å². The first-order valence-corrected chi connectivity index (χ1v) is 5.90. The molecular formula is C15H19NO3. The Morgan fingerprint density at radius 2 is 1.89 bits per heavy atom. The number of esters is 1. The highest BCUT2D eigenvalue weighted by atomic mass is 16.5. The number of ether oxygens (including phenoxy) is 2. The first-order chi connectivity index (χ1) is 8.94. The fourth-order valence-electron chi connectivity index (χ4n) is 1.59. The summed E-state index contributed by atoms with van der Waals surface area (Å²) in [6.45, 7) is 3.62. The molecule has 0 bridgehead atoms. The van der Waals surface area contributed by atoms with Crippen molar-refractivity contribution in [3.8, 4) is 18.1 Å². The Kier molecular flexibility index (Phi) is 4.82. The molecule has 0 unspecified atom stereocenters. The van der Waals surface area contributed by atoms with Gasteiger partial charge in [-0.2, -0.15) is 0 Å². The zero-order valence-corrected chi connectivity index (χ0v) is 11.7. The summed E-state index contributed by atoms with van der Waals surface area (Å²) in [5.41, 5.74) is 0.118. The van der Waals surface area contributed by atoms with Crippen LogP contribution in [-0.2, 0) is 9.53 Å². The minimum atomic E-state index is -0.660. The second kappa shape index (κ2) is 6.14. The average molecular weight is 261 g/mol. The molecular weight excluding hydrogens is 242 g/mol. The Morgan fingerprint density at radius 3 is 2.32 bits per heavy atom. The highest BCUT2D eigenvalue weighted by Gasteiger charge is 2.34.